The van der Waals surface area contributed by atoms with Crippen molar-refractivity contribution in [3.63, 3.8) is 0 Å². The third-order valence-corrected chi connectivity index (χ3v) is 2.72. The van der Waals surface area contributed by atoms with Gasteiger partial charge in [-0.15, -0.1) is 11.6 Å². The van der Waals surface area contributed by atoms with E-state index in [-0.39, 0.29) is 0 Å². The Hall–Kier alpha value is -0.690. The Labute approximate surface area is 97.4 Å². The molecule has 1 nitrogen and oxygen atoms in total. The summed E-state index contributed by atoms with van der Waals surface area (Å²) in [4.78, 5) is 0. The Morgan fingerprint density at radius 3 is 2.60 bits per heavy atom. The second-order valence-electron chi connectivity index (χ2n) is 3.51. The molecule has 1 aromatic carbocycles. The Bertz CT molecular complexity index is 297. The molecular weight excluding hydrogens is 208 g/mol. The molecule has 0 spiro atoms. The van der Waals surface area contributed by atoms with Gasteiger partial charge >= 0.3 is 0 Å². The first-order valence-corrected chi connectivity index (χ1v) is 6.15. The number of rotatable bonds is 6. The highest BCUT2D eigenvalue weighted by atomic mass is 35.5. The average molecular weight is 227 g/mol. The van der Waals surface area contributed by atoms with Gasteiger partial charge in [0.15, 0.2) is 0 Å². The molecule has 0 heterocycles. The third kappa shape index (κ3) is 3.75. The van der Waals surface area contributed by atoms with Crippen molar-refractivity contribution in [3.05, 3.63) is 29.3 Å². The second-order valence-corrected chi connectivity index (χ2v) is 3.89. The van der Waals surface area contributed by atoms with Gasteiger partial charge in [0, 0.05) is 5.88 Å². The molecule has 0 N–H and O–H groups in total. The number of halogens is 1. The Balaban J connectivity index is 2.78. The van der Waals surface area contributed by atoms with E-state index in [0.717, 1.165) is 37.5 Å². The van der Waals surface area contributed by atoms with Gasteiger partial charge in [0.1, 0.15) is 5.75 Å². The molecule has 0 amide bonds. The summed E-state index contributed by atoms with van der Waals surface area (Å²) in [5.41, 5.74) is 2.78. The zero-order chi connectivity index (χ0) is 11.1. The normalized spacial score (nSPS) is 10.3. The van der Waals surface area contributed by atoms with Crippen LogP contribution in [-0.2, 0) is 12.8 Å². The number of alkyl halides is 1. The van der Waals surface area contributed by atoms with Gasteiger partial charge in [-0.25, -0.2) is 0 Å². The number of hydrogen-bond donors (Lipinski definition) is 0. The Morgan fingerprint density at radius 1 is 1.20 bits per heavy atom. The summed E-state index contributed by atoms with van der Waals surface area (Å²) in [7, 11) is 0. The van der Waals surface area contributed by atoms with Crippen LogP contribution in [0.15, 0.2) is 18.2 Å². The van der Waals surface area contributed by atoms with E-state index in [4.69, 9.17) is 16.3 Å². The minimum absolute atomic E-state index is 0.726. The van der Waals surface area contributed by atoms with Crippen LogP contribution in [0.2, 0.25) is 0 Å². The van der Waals surface area contributed by atoms with Gasteiger partial charge in [-0.1, -0.05) is 13.0 Å². The maximum atomic E-state index is 5.70. The van der Waals surface area contributed by atoms with E-state index in [2.05, 4.69) is 19.1 Å². The van der Waals surface area contributed by atoms with Gasteiger partial charge in [0.25, 0.3) is 0 Å². The molecule has 0 fully saturated rings. The number of ether oxygens (including phenoxy) is 1. The number of hydrogen-bond acceptors (Lipinski definition) is 1. The molecule has 0 aliphatic heterocycles. The monoisotopic (exact) mass is 226 g/mol. The number of aryl methyl sites for hydroxylation is 2. The molecule has 0 bridgehead atoms. The molecule has 1 aromatic rings. The minimum atomic E-state index is 0.726. The average Bonchev–Trinajstić information content (AvgIpc) is 2.27. The van der Waals surface area contributed by atoms with Crippen LogP contribution < -0.4 is 4.74 Å². The highest BCUT2D eigenvalue weighted by molar-refractivity contribution is 6.17. The summed E-state index contributed by atoms with van der Waals surface area (Å²) in [5.74, 6) is 1.71. The lowest BCUT2D eigenvalue weighted by molar-refractivity contribution is 0.340. The maximum absolute atomic E-state index is 5.70. The van der Waals surface area contributed by atoms with Gasteiger partial charge in [-0.05, 0) is 49.4 Å². The molecule has 0 atom stereocenters. The summed E-state index contributed by atoms with van der Waals surface area (Å²) in [6.07, 6.45) is 3.17. The molecular formula is C13H19ClO. The van der Waals surface area contributed by atoms with E-state index in [0.29, 0.717) is 0 Å². The van der Waals surface area contributed by atoms with Crippen molar-refractivity contribution >= 4 is 11.6 Å². The van der Waals surface area contributed by atoms with E-state index in [9.17, 15) is 0 Å². The van der Waals surface area contributed by atoms with Crippen molar-refractivity contribution in [1.82, 2.24) is 0 Å². The fourth-order valence-corrected chi connectivity index (χ4v) is 1.82. The zero-order valence-corrected chi connectivity index (χ0v) is 10.3. The third-order valence-electron chi connectivity index (χ3n) is 2.45. The van der Waals surface area contributed by atoms with Crippen molar-refractivity contribution < 1.29 is 4.74 Å². The molecule has 0 unspecified atom stereocenters. The lowest BCUT2D eigenvalue weighted by Gasteiger charge is -2.10. The van der Waals surface area contributed by atoms with E-state index in [1.807, 2.05) is 13.0 Å². The van der Waals surface area contributed by atoms with Crippen molar-refractivity contribution in [2.45, 2.75) is 33.1 Å². The highest BCUT2D eigenvalue weighted by Crippen LogP contribution is 2.20. The van der Waals surface area contributed by atoms with Crippen LogP contribution in [0.25, 0.3) is 0 Å². The topological polar surface area (TPSA) is 9.23 Å². The first-order valence-electron chi connectivity index (χ1n) is 5.62. The molecule has 0 saturated heterocycles. The largest absolute Gasteiger partial charge is 0.494 e. The molecule has 1 rings (SSSR count). The lowest BCUT2D eigenvalue weighted by atomic mass is 10.0. The van der Waals surface area contributed by atoms with Crippen LogP contribution in [0, 0.1) is 0 Å². The van der Waals surface area contributed by atoms with Crippen molar-refractivity contribution in [2.75, 3.05) is 12.5 Å². The van der Waals surface area contributed by atoms with Crippen LogP contribution in [0.4, 0.5) is 0 Å². The van der Waals surface area contributed by atoms with Crippen LogP contribution in [-0.4, -0.2) is 12.5 Å². The number of benzene rings is 1. The molecule has 84 valence electrons. The molecule has 0 aliphatic carbocycles. The highest BCUT2D eigenvalue weighted by Gasteiger charge is 2.02. The Kier molecular flexibility index (Phi) is 5.56. The van der Waals surface area contributed by atoms with Crippen LogP contribution in [0.1, 0.15) is 31.4 Å². The van der Waals surface area contributed by atoms with Gasteiger partial charge in [-0.2, -0.15) is 0 Å². The van der Waals surface area contributed by atoms with E-state index in [1.54, 1.807) is 0 Å². The van der Waals surface area contributed by atoms with Crippen LogP contribution >= 0.6 is 11.6 Å². The van der Waals surface area contributed by atoms with E-state index >= 15 is 0 Å². The first kappa shape index (κ1) is 12.4. The molecule has 2 heteroatoms. The maximum Gasteiger partial charge on any atom is 0.119 e. The standard InChI is InChI=1S/C13H19ClO/c1-3-11-10-13(15-4-2)8-7-12(11)6-5-9-14/h7-8,10H,3-6,9H2,1-2H3. The predicted octanol–water partition coefficient (Wildman–Crippen LogP) is 3.82. The summed E-state index contributed by atoms with van der Waals surface area (Å²) < 4.78 is 5.48. The van der Waals surface area contributed by atoms with Gasteiger partial charge in [0.2, 0.25) is 0 Å². The summed E-state index contributed by atoms with van der Waals surface area (Å²) >= 11 is 5.70. The first-order chi connectivity index (χ1) is 7.31. The van der Waals surface area contributed by atoms with Crippen LogP contribution in [0.3, 0.4) is 0 Å². The SMILES string of the molecule is CCOc1ccc(CCCCl)c(CC)c1. The molecule has 0 radical (unpaired) electrons. The molecule has 0 aromatic heterocycles. The van der Waals surface area contributed by atoms with Crippen molar-refractivity contribution in [2.24, 2.45) is 0 Å². The van der Waals surface area contributed by atoms with Gasteiger partial charge < -0.3 is 4.74 Å². The second kappa shape index (κ2) is 6.73. The van der Waals surface area contributed by atoms with E-state index in [1.165, 1.54) is 11.1 Å². The fourth-order valence-electron chi connectivity index (χ4n) is 1.69. The van der Waals surface area contributed by atoms with Gasteiger partial charge in [-0.3, -0.25) is 0 Å². The quantitative estimate of drug-likeness (QED) is 0.671. The smallest absolute Gasteiger partial charge is 0.119 e. The van der Waals surface area contributed by atoms with Crippen molar-refractivity contribution in [1.29, 1.82) is 0 Å². The Morgan fingerprint density at radius 2 is 2.00 bits per heavy atom. The van der Waals surface area contributed by atoms with Gasteiger partial charge in [0.05, 0.1) is 6.61 Å². The predicted molar refractivity (Wildman–Crippen MR) is 66.0 cm³/mol. The van der Waals surface area contributed by atoms with E-state index < -0.39 is 0 Å². The summed E-state index contributed by atoms with van der Waals surface area (Å²) in [6.45, 7) is 4.91. The molecule has 15 heavy (non-hydrogen) atoms. The minimum Gasteiger partial charge on any atom is -0.494 e. The molecule has 0 saturated carbocycles. The summed E-state index contributed by atoms with van der Waals surface area (Å²) in [6, 6.07) is 6.36. The van der Waals surface area contributed by atoms with Crippen molar-refractivity contribution in [3.8, 4) is 5.75 Å². The van der Waals surface area contributed by atoms with Crippen LogP contribution in [0.5, 0.6) is 5.75 Å². The fraction of sp³-hybridized carbons (Fsp3) is 0.538. The molecule has 0 aliphatic rings. The summed E-state index contributed by atoms with van der Waals surface area (Å²) in [5, 5.41) is 0. The zero-order valence-electron chi connectivity index (χ0n) is 9.55. The lowest BCUT2D eigenvalue weighted by Crippen LogP contribution is -1.97.